The number of aromatic carboxylic acids is 1. The van der Waals surface area contributed by atoms with Crippen molar-refractivity contribution >= 4 is 23.0 Å². The molecule has 0 spiro atoms. The smallest absolute Gasteiger partial charge is 0.345 e. The number of carbonyl (C=O) groups is 1. The number of carboxylic acids is 1. The van der Waals surface area contributed by atoms with Gasteiger partial charge in [-0.2, -0.15) is 0 Å². The van der Waals surface area contributed by atoms with Crippen LogP contribution in [0.2, 0.25) is 0 Å². The molecule has 1 heterocycles. The normalized spacial score (nSPS) is 9.80. The lowest BCUT2D eigenvalue weighted by Crippen LogP contribution is -1.92. The van der Waals surface area contributed by atoms with Crippen molar-refractivity contribution in [3.63, 3.8) is 0 Å². The fourth-order valence-corrected chi connectivity index (χ4v) is 1.87. The van der Waals surface area contributed by atoms with Crippen molar-refractivity contribution in [1.82, 2.24) is 0 Å². The summed E-state index contributed by atoms with van der Waals surface area (Å²) in [5, 5.41) is 12.6. The van der Waals surface area contributed by atoms with Gasteiger partial charge in [0.1, 0.15) is 11.5 Å². The van der Waals surface area contributed by atoms with Crippen molar-refractivity contribution < 1.29 is 14.7 Å². The van der Waals surface area contributed by atoms with Crippen LogP contribution in [0.1, 0.15) is 34.0 Å². The summed E-state index contributed by atoms with van der Waals surface area (Å²) in [6.07, 6.45) is 0. The minimum absolute atomic E-state index is 0.320. The summed E-state index contributed by atoms with van der Waals surface area (Å²) in [7, 11) is 0. The van der Waals surface area contributed by atoms with Crippen LogP contribution >= 0.6 is 11.3 Å². The van der Waals surface area contributed by atoms with Crippen molar-refractivity contribution in [3.8, 4) is 0 Å². The van der Waals surface area contributed by atoms with E-state index in [1.54, 1.807) is 6.07 Å². The molecule has 0 aliphatic heterocycles. The molecule has 0 amide bonds. The van der Waals surface area contributed by atoms with Crippen molar-refractivity contribution in [3.05, 3.63) is 21.4 Å². The van der Waals surface area contributed by atoms with Crippen LogP contribution in [0, 0.1) is 6.92 Å². The number of aryl methyl sites for hydroxylation is 1. The Kier molecular flexibility index (Phi) is 3.85. The van der Waals surface area contributed by atoms with E-state index in [1.165, 1.54) is 11.3 Å². The topological polar surface area (TPSA) is 58.9 Å². The van der Waals surface area contributed by atoms with Crippen molar-refractivity contribution in [2.45, 2.75) is 27.4 Å². The van der Waals surface area contributed by atoms with E-state index in [1.807, 2.05) is 20.8 Å². The van der Waals surface area contributed by atoms with Gasteiger partial charge >= 0.3 is 5.97 Å². The average molecular weight is 227 g/mol. The average Bonchev–Trinajstić information content (AvgIpc) is 2.47. The molecule has 1 aromatic heterocycles. The largest absolute Gasteiger partial charge is 0.477 e. The van der Waals surface area contributed by atoms with E-state index in [-0.39, 0.29) is 0 Å². The van der Waals surface area contributed by atoms with Gasteiger partial charge in [0, 0.05) is 10.4 Å². The zero-order chi connectivity index (χ0) is 11.4. The Morgan fingerprint density at radius 3 is 2.73 bits per heavy atom. The van der Waals surface area contributed by atoms with Crippen LogP contribution in [0.3, 0.4) is 0 Å². The Morgan fingerprint density at radius 1 is 1.60 bits per heavy atom. The Hall–Kier alpha value is -1.36. The van der Waals surface area contributed by atoms with Gasteiger partial charge in [-0.3, -0.25) is 0 Å². The quantitative estimate of drug-likeness (QED) is 0.635. The third-order valence-electron chi connectivity index (χ3n) is 1.70. The first-order valence-corrected chi connectivity index (χ1v) is 5.28. The third-order valence-corrected chi connectivity index (χ3v) is 2.78. The number of carboxylic acid groups (broad SMARTS) is 1. The highest BCUT2D eigenvalue weighted by atomic mass is 32.1. The zero-order valence-corrected chi connectivity index (χ0v) is 9.72. The maximum atomic E-state index is 10.7. The van der Waals surface area contributed by atoms with Crippen molar-refractivity contribution in [1.29, 1.82) is 0 Å². The predicted octanol–water partition coefficient (Wildman–Crippen LogP) is 2.67. The van der Waals surface area contributed by atoms with E-state index in [4.69, 9.17) is 9.94 Å². The van der Waals surface area contributed by atoms with Gasteiger partial charge < -0.3 is 9.94 Å². The molecule has 4 nitrogen and oxygen atoms in total. The molecule has 0 aromatic carbocycles. The molecule has 0 radical (unpaired) electrons. The number of thiophene rings is 1. The number of hydrogen-bond donors (Lipinski definition) is 1. The molecule has 0 aliphatic rings. The Bertz CT molecular complexity index is 391. The molecule has 0 bridgehead atoms. The molecule has 1 aromatic rings. The first kappa shape index (κ1) is 11.7. The van der Waals surface area contributed by atoms with E-state index in [9.17, 15) is 4.79 Å². The van der Waals surface area contributed by atoms with E-state index in [0.717, 1.165) is 16.2 Å². The van der Waals surface area contributed by atoms with Gasteiger partial charge in [0.15, 0.2) is 0 Å². The standard InChI is InChI=1S/C10H13NO3S/c1-6(2)11-14-5-8-4-9(10(12)13)15-7(8)3/h4H,5H2,1-3H3,(H,12,13). The summed E-state index contributed by atoms with van der Waals surface area (Å²) in [6, 6.07) is 1.63. The molecule has 0 atom stereocenters. The van der Waals surface area contributed by atoms with E-state index < -0.39 is 5.97 Å². The Labute approximate surface area is 92.2 Å². The highest BCUT2D eigenvalue weighted by Gasteiger charge is 2.10. The molecule has 0 unspecified atom stereocenters. The van der Waals surface area contributed by atoms with Crippen LogP contribution < -0.4 is 0 Å². The highest BCUT2D eigenvalue weighted by Crippen LogP contribution is 2.22. The number of hydrogen-bond acceptors (Lipinski definition) is 4. The zero-order valence-electron chi connectivity index (χ0n) is 8.90. The first-order chi connectivity index (χ1) is 7.00. The SMILES string of the molecule is CC(C)=NOCc1cc(C(=O)O)sc1C. The van der Waals surface area contributed by atoms with E-state index in [2.05, 4.69) is 5.16 Å². The van der Waals surface area contributed by atoms with Crippen molar-refractivity contribution in [2.24, 2.45) is 5.16 Å². The van der Waals surface area contributed by atoms with Gasteiger partial charge in [0.25, 0.3) is 0 Å². The molecule has 15 heavy (non-hydrogen) atoms. The molecule has 0 saturated heterocycles. The summed E-state index contributed by atoms with van der Waals surface area (Å²) < 4.78 is 0. The van der Waals surface area contributed by atoms with E-state index >= 15 is 0 Å². The van der Waals surface area contributed by atoms with Gasteiger partial charge in [0.2, 0.25) is 0 Å². The molecular formula is C10H13NO3S. The third kappa shape index (κ3) is 3.36. The minimum Gasteiger partial charge on any atom is -0.477 e. The molecular weight excluding hydrogens is 214 g/mol. The Balaban J connectivity index is 2.69. The van der Waals surface area contributed by atoms with E-state index in [0.29, 0.717) is 11.5 Å². The van der Waals surface area contributed by atoms with Gasteiger partial charge in [0.05, 0.1) is 5.71 Å². The van der Waals surface area contributed by atoms with Crippen LogP contribution in [0.4, 0.5) is 0 Å². The highest BCUT2D eigenvalue weighted by molar-refractivity contribution is 7.14. The summed E-state index contributed by atoms with van der Waals surface area (Å²) >= 11 is 1.25. The molecule has 0 fully saturated rings. The maximum Gasteiger partial charge on any atom is 0.345 e. The second kappa shape index (κ2) is 4.93. The molecule has 5 heteroatoms. The van der Waals surface area contributed by atoms with Crippen molar-refractivity contribution in [2.75, 3.05) is 0 Å². The molecule has 0 saturated carbocycles. The molecule has 82 valence electrons. The summed E-state index contributed by atoms with van der Waals surface area (Å²) in [4.78, 5) is 17.0. The van der Waals surface area contributed by atoms with Gasteiger partial charge in [-0.15, -0.1) is 11.3 Å². The lowest BCUT2D eigenvalue weighted by atomic mass is 10.2. The van der Waals surface area contributed by atoms with Crippen LogP contribution in [-0.4, -0.2) is 16.8 Å². The molecule has 1 rings (SSSR count). The second-order valence-electron chi connectivity index (χ2n) is 3.31. The molecule has 1 N–H and O–H groups in total. The van der Waals surface area contributed by atoms with Crippen LogP contribution in [0.5, 0.6) is 0 Å². The Morgan fingerprint density at radius 2 is 2.27 bits per heavy atom. The monoisotopic (exact) mass is 227 g/mol. The first-order valence-electron chi connectivity index (χ1n) is 4.46. The van der Waals surface area contributed by atoms with Crippen LogP contribution in [0.15, 0.2) is 11.2 Å². The summed E-state index contributed by atoms with van der Waals surface area (Å²) in [6.45, 7) is 5.87. The van der Waals surface area contributed by atoms with Gasteiger partial charge in [-0.05, 0) is 26.8 Å². The fraction of sp³-hybridized carbons (Fsp3) is 0.400. The minimum atomic E-state index is -0.899. The fourth-order valence-electron chi connectivity index (χ4n) is 0.999. The maximum absolute atomic E-state index is 10.7. The predicted molar refractivity (Wildman–Crippen MR) is 59.6 cm³/mol. The lowest BCUT2D eigenvalue weighted by molar-refractivity contribution is 0.0702. The number of oxime groups is 1. The molecule has 0 aliphatic carbocycles. The number of nitrogens with zero attached hydrogens (tertiary/aromatic N) is 1. The summed E-state index contributed by atoms with van der Waals surface area (Å²) in [5.41, 5.74) is 1.71. The van der Waals surface area contributed by atoms with Gasteiger partial charge in [-0.1, -0.05) is 5.16 Å². The lowest BCUT2D eigenvalue weighted by Gasteiger charge is -1.98. The second-order valence-corrected chi connectivity index (χ2v) is 4.57. The van der Waals surface area contributed by atoms with Crippen LogP contribution in [-0.2, 0) is 11.4 Å². The van der Waals surface area contributed by atoms with Crippen LogP contribution in [0.25, 0.3) is 0 Å². The number of rotatable bonds is 4. The van der Waals surface area contributed by atoms with Gasteiger partial charge in [-0.25, -0.2) is 4.79 Å². The summed E-state index contributed by atoms with van der Waals surface area (Å²) in [5.74, 6) is -0.899.